The Morgan fingerprint density at radius 1 is 1.09 bits per heavy atom. The number of hydrogen-bond acceptors (Lipinski definition) is 0. The van der Waals surface area contributed by atoms with Gasteiger partial charge in [0, 0.05) is 0 Å². The molecule has 11 heavy (non-hydrogen) atoms. The molecule has 2 rings (SSSR count). The highest BCUT2D eigenvalue weighted by atomic mass is 14.2. The summed E-state index contributed by atoms with van der Waals surface area (Å²) in [4.78, 5) is 0. The Kier molecular flexibility index (Phi) is 1.69. The lowest BCUT2D eigenvalue weighted by atomic mass is 10.1. The molecule has 0 spiro atoms. The Balaban J connectivity index is 2.33. The highest BCUT2D eigenvalue weighted by molar-refractivity contribution is 5.40. The van der Waals surface area contributed by atoms with Gasteiger partial charge in [-0.25, -0.2) is 0 Å². The van der Waals surface area contributed by atoms with Crippen molar-refractivity contribution in [3.63, 3.8) is 0 Å². The van der Waals surface area contributed by atoms with Crippen LogP contribution in [0.25, 0.3) is 0 Å². The molecule has 2 aliphatic carbocycles. The molecule has 0 nitrogen and oxygen atoms in total. The van der Waals surface area contributed by atoms with Crippen molar-refractivity contribution >= 4 is 0 Å². The molecule has 0 N–H and O–H groups in total. The van der Waals surface area contributed by atoms with Crippen LogP contribution in [-0.4, -0.2) is 0 Å². The molecule has 0 unspecified atom stereocenters. The summed E-state index contributed by atoms with van der Waals surface area (Å²) in [7, 11) is 0. The summed E-state index contributed by atoms with van der Waals surface area (Å²) >= 11 is 0. The standard InChI is InChI=1S/C11H14/c1-9-5-7-10-3-2-4-11(10)8-6-9/h5,7-8H,2-4,6H2,1H3. The molecule has 0 amide bonds. The second-order valence-electron chi connectivity index (χ2n) is 3.49. The van der Waals surface area contributed by atoms with Crippen molar-refractivity contribution in [1.29, 1.82) is 0 Å². The van der Waals surface area contributed by atoms with Gasteiger partial charge in [-0.2, -0.15) is 0 Å². The second kappa shape index (κ2) is 2.69. The molecule has 0 bridgehead atoms. The molecule has 1 fully saturated rings. The van der Waals surface area contributed by atoms with Crippen molar-refractivity contribution in [1.82, 2.24) is 0 Å². The quantitative estimate of drug-likeness (QED) is 0.491. The van der Waals surface area contributed by atoms with Gasteiger partial charge in [0.15, 0.2) is 0 Å². The predicted octanol–water partition coefficient (Wildman–Crippen LogP) is 3.37. The lowest BCUT2D eigenvalue weighted by molar-refractivity contribution is 0.929. The first-order valence-electron chi connectivity index (χ1n) is 4.42. The monoisotopic (exact) mass is 146 g/mol. The minimum atomic E-state index is 1.16. The second-order valence-corrected chi connectivity index (χ2v) is 3.49. The van der Waals surface area contributed by atoms with E-state index in [0.29, 0.717) is 0 Å². The summed E-state index contributed by atoms with van der Waals surface area (Å²) in [5, 5.41) is 0. The van der Waals surface area contributed by atoms with Crippen molar-refractivity contribution < 1.29 is 0 Å². The fraction of sp³-hybridized carbons (Fsp3) is 0.455. The Labute approximate surface area is 68.3 Å². The molecule has 0 aliphatic heterocycles. The molecule has 0 aromatic rings. The summed E-state index contributed by atoms with van der Waals surface area (Å²) < 4.78 is 0. The molecular weight excluding hydrogens is 132 g/mol. The van der Waals surface area contributed by atoms with Crippen molar-refractivity contribution in [2.75, 3.05) is 0 Å². The third-order valence-corrected chi connectivity index (χ3v) is 2.54. The highest BCUT2D eigenvalue weighted by Gasteiger charge is 2.13. The maximum Gasteiger partial charge on any atom is -0.0133 e. The zero-order chi connectivity index (χ0) is 7.68. The molecule has 0 aromatic carbocycles. The predicted molar refractivity (Wildman–Crippen MR) is 48.4 cm³/mol. The zero-order valence-corrected chi connectivity index (χ0v) is 7.06. The van der Waals surface area contributed by atoms with Crippen LogP contribution in [0.15, 0.2) is 34.9 Å². The minimum absolute atomic E-state index is 1.16. The van der Waals surface area contributed by atoms with E-state index in [4.69, 9.17) is 0 Å². The van der Waals surface area contributed by atoms with Gasteiger partial charge >= 0.3 is 0 Å². The third-order valence-electron chi connectivity index (χ3n) is 2.54. The number of rotatable bonds is 0. The van der Waals surface area contributed by atoms with E-state index < -0.39 is 0 Å². The van der Waals surface area contributed by atoms with E-state index >= 15 is 0 Å². The van der Waals surface area contributed by atoms with E-state index in [-0.39, 0.29) is 0 Å². The molecule has 58 valence electrons. The molecule has 1 saturated carbocycles. The van der Waals surface area contributed by atoms with Gasteiger partial charge in [-0.05, 0) is 43.8 Å². The van der Waals surface area contributed by atoms with E-state index in [0.717, 1.165) is 6.42 Å². The fourth-order valence-electron chi connectivity index (χ4n) is 1.81. The Morgan fingerprint density at radius 2 is 1.91 bits per heavy atom. The first-order valence-corrected chi connectivity index (χ1v) is 4.42. The minimum Gasteiger partial charge on any atom is -0.0770 e. The first kappa shape index (κ1) is 6.90. The van der Waals surface area contributed by atoms with Crippen LogP contribution >= 0.6 is 0 Å². The Bertz CT molecular complexity index is 251. The van der Waals surface area contributed by atoms with Crippen molar-refractivity contribution in [3.05, 3.63) is 34.9 Å². The van der Waals surface area contributed by atoms with Crippen LogP contribution in [0, 0.1) is 0 Å². The molecule has 2 aliphatic rings. The average molecular weight is 146 g/mol. The van der Waals surface area contributed by atoms with E-state index in [2.05, 4.69) is 25.2 Å². The summed E-state index contributed by atoms with van der Waals surface area (Å²) in [5.41, 5.74) is 4.68. The molecule has 0 heterocycles. The average Bonchev–Trinajstić information content (AvgIpc) is 2.38. The smallest absolute Gasteiger partial charge is 0.0133 e. The third kappa shape index (κ3) is 1.30. The van der Waals surface area contributed by atoms with E-state index in [1.54, 1.807) is 11.1 Å². The lowest BCUT2D eigenvalue weighted by Gasteiger charge is -1.95. The van der Waals surface area contributed by atoms with Gasteiger partial charge < -0.3 is 0 Å². The maximum absolute atomic E-state index is 2.40. The summed E-state index contributed by atoms with van der Waals surface area (Å²) in [6.45, 7) is 2.20. The molecule has 0 radical (unpaired) electrons. The van der Waals surface area contributed by atoms with Crippen LogP contribution in [0.5, 0.6) is 0 Å². The number of fused-ring (bicyclic) bond motifs is 1. The summed E-state index contributed by atoms with van der Waals surface area (Å²) in [6, 6.07) is 0. The maximum atomic E-state index is 2.40. The number of allylic oxidation sites excluding steroid dienone is 6. The van der Waals surface area contributed by atoms with Crippen molar-refractivity contribution in [3.8, 4) is 0 Å². The van der Waals surface area contributed by atoms with Gasteiger partial charge in [-0.3, -0.25) is 0 Å². The first-order chi connectivity index (χ1) is 5.36. The SMILES string of the molecule is CC1=CC=C2CCCC2=CC1. The summed E-state index contributed by atoms with van der Waals surface area (Å²) in [6.07, 6.45) is 12.1. The van der Waals surface area contributed by atoms with Crippen LogP contribution in [0.4, 0.5) is 0 Å². The summed E-state index contributed by atoms with van der Waals surface area (Å²) in [5.74, 6) is 0. The Morgan fingerprint density at radius 3 is 2.82 bits per heavy atom. The molecule has 0 heteroatoms. The molecule has 0 aromatic heterocycles. The van der Waals surface area contributed by atoms with Crippen molar-refractivity contribution in [2.45, 2.75) is 32.6 Å². The van der Waals surface area contributed by atoms with Crippen LogP contribution in [-0.2, 0) is 0 Å². The van der Waals surface area contributed by atoms with E-state index in [9.17, 15) is 0 Å². The molecular formula is C11H14. The van der Waals surface area contributed by atoms with Gasteiger partial charge in [0.1, 0.15) is 0 Å². The van der Waals surface area contributed by atoms with Crippen LogP contribution in [0.3, 0.4) is 0 Å². The Hall–Kier alpha value is -0.780. The van der Waals surface area contributed by atoms with Crippen LogP contribution in [0.1, 0.15) is 32.6 Å². The zero-order valence-electron chi connectivity index (χ0n) is 7.06. The van der Waals surface area contributed by atoms with Gasteiger partial charge in [0.25, 0.3) is 0 Å². The topological polar surface area (TPSA) is 0 Å². The van der Waals surface area contributed by atoms with Gasteiger partial charge in [-0.15, -0.1) is 0 Å². The highest BCUT2D eigenvalue weighted by Crippen LogP contribution is 2.32. The normalized spacial score (nSPS) is 23.2. The van der Waals surface area contributed by atoms with Crippen LogP contribution in [0.2, 0.25) is 0 Å². The molecule has 0 saturated heterocycles. The van der Waals surface area contributed by atoms with Gasteiger partial charge in [0.05, 0.1) is 0 Å². The van der Waals surface area contributed by atoms with E-state index in [1.165, 1.54) is 24.8 Å². The van der Waals surface area contributed by atoms with Gasteiger partial charge in [-0.1, -0.05) is 23.8 Å². The van der Waals surface area contributed by atoms with Crippen molar-refractivity contribution in [2.24, 2.45) is 0 Å². The van der Waals surface area contributed by atoms with Crippen LogP contribution < -0.4 is 0 Å². The van der Waals surface area contributed by atoms with Gasteiger partial charge in [0.2, 0.25) is 0 Å². The number of hydrogen-bond donors (Lipinski definition) is 0. The van der Waals surface area contributed by atoms with E-state index in [1.807, 2.05) is 0 Å². The molecule has 0 atom stereocenters. The fourth-order valence-corrected chi connectivity index (χ4v) is 1.81. The largest absolute Gasteiger partial charge is 0.0770 e. The lowest BCUT2D eigenvalue weighted by Crippen LogP contribution is -1.75.